The Morgan fingerprint density at radius 2 is 1.96 bits per heavy atom. The van der Waals surface area contributed by atoms with Crippen molar-refractivity contribution in [2.75, 3.05) is 5.32 Å². The van der Waals surface area contributed by atoms with E-state index in [1.165, 1.54) is 0 Å². The lowest BCUT2D eigenvalue weighted by molar-refractivity contribution is -0.139. The van der Waals surface area contributed by atoms with Crippen molar-refractivity contribution in [3.8, 4) is 11.3 Å². The predicted octanol–water partition coefficient (Wildman–Crippen LogP) is 2.96. The van der Waals surface area contributed by atoms with Crippen molar-refractivity contribution in [2.45, 2.75) is 26.3 Å². The van der Waals surface area contributed by atoms with E-state index in [0.717, 1.165) is 5.56 Å². The van der Waals surface area contributed by atoms with Crippen LogP contribution in [-0.4, -0.2) is 28.3 Å². The maximum absolute atomic E-state index is 11.9. The lowest BCUT2D eigenvalue weighted by Gasteiger charge is -2.16. The zero-order chi connectivity index (χ0) is 16.8. The molecule has 0 saturated heterocycles. The summed E-state index contributed by atoms with van der Waals surface area (Å²) >= 11 is 0. The fraction of sp³-hybridized carbons (Fsp3) is 0.312. The highest BCUT2D eigenvalue weighted by molar-refractivity contribution is 5.91. The van der Waals surface area contributed by atoms with Gasteiger partial charge in [0, 0.05) is 11.6 Å². The van der Waals surface area contributed by atoms with Crippen LogP contribution >= 0.6 is 0 Å². The fourth-order valence-electron chi connectivity index (χ4n) is 2.08. The minimum Gasteiger partial charge on any atom is -0.480 e. The van der Waals surface area contributed by atoms with Gasteiger partial charge in [-0.05, 0) is 12.3 Å². The van der Waals surface area contributed by atoms with Crippen LogP contribution in [0.5, 0.6) is 0 Å². The van der Waals surface area contributed by atoms with Gasteiger partial charge >= 0.3 is 12.0 Å². The van der Waals surface area contributed by atoms with Gasteiger partial charge in [0.15, 0.2) is 11.6 Å². The van der Waals surface area contributed by atoms with E-state index in [1.807, 2.05) is 44.2 Å². The van der Waals surface area contributed by atoms with Gasteiger partial charge in [-0.2, -0.15) is 0 Å². The number of carboxylic acid groups (broad SMARTS) is 1. The van der Waals surface area contributed by atoms with Crippen LogP contribution in [-0.2, 0) is 4.79 Å². The Morgan fingerprint density at radius 3 is 2.57 bits per heavy atom. The number of carbonyl (C=O) groups is 2. The third-order valence-electron chi connectivity index (χ3n) is 3.12. The van der Waals surface area contributed by atoms with Gasteiger partial charge in [-0.15, -0.1) is 0 Å². The largest absolute Gasteiger partial charge is 0.480 e. The van der Waals surface area contributed by atoms with E-state index in [0.29, 0.717) is 12.2 Å². The highest BCUT2D eigenvalue weighted by atomic mass is 16.5. The van der Waals surface area contributed by atoms with Crippen LogP contribution in [0.4, 0.5) is 10.6 Å². The molecule has 0 aliphatic rings. The molecule has 0 radical (unpaired) electrons. The standard InChI is InChI=1S/C16H19N3O4/c1-10(2)8-12(15(20)21)17-16(22)18-14-9-13(23-19-14)11-6-4-3-5-7-11/h3-7,9-10,12H,8H2,1-2H3,(H,20,21)(H2,17,18,19,22). The number of aromatic nitrogens is 1. The number of nitrogens with zero attached hydrogens (tertiary/aromatic N) is 1. The summed E-state index contributed by atoms with van der Waals surface area (Å²) < 4.78 is 5.16. The molecular weight excluding hydrogens is 298 g/mol. The number of carbonyl (C=O) groups excluding carboxylic acids is 1. The van der Waals surface area contributed by atoms with Crippen molar-refractivity contribution in [3.05, 3.63) is 36.4 Å². The second kappa shape index (κ2) is 7.44. The van der Waals surface area contributed by atoms with Crippen molar-refractivity contribution in [1.82, 2.24) is 10.5 Å². The van der Waals surface area contributed by atoms with Crippen LogP contribution in [0.2, 0.25) is 0 Å². The van der Waals surface area contributed by atoms with Crippen LogP contribution in [0.1, 0.15) is 20.3 Å². The van der Waals surface area contributed by atoms with Crippen molar-refractivity contribution < 1.29 is 19.2 Å². The van der Waals surface area contributed by atoms with Crippen molar-refractivity contribution >= 4 is 17.8 Å². The third kappa shape index (κ3) is 4.84. The Morgan fingerprint density at radius 1 is 1.26 bits per heavy atom. The number of carboxylic acids is 1. The number of hydrogen-bond acceptors (Lipinski definition) is 4. The SMILES string of the molecule is CC(C)CC(NC(=O)Nc1cc(-c2ccccc2)on1)C(=O)O. The molecule has 1 heterocycles. The van der Waals surface area contributed by atoms with E-state index >= 15 is 0 Å². The van der Waals surface area contributed by atoms with Gasteiger partial charge in [0.2, 0.25) is 0 Å². The molecule has 1 aromatic heterocycles. The third-order valence-corrected chi connectivity index (χ3v) is 3.12. The van der Waals surface area contributed by atoms with Gasteiger partial charge in [0.1, 0.15) is 6.04 Å². The maximum Gasteiger partial charge on any atom is 0.326 e. The van der Waals surface area contributed by atoms with Gasteiger partial charge in [0.25, 0.3) is 0 Å². The summed E-state index contributed by atoms with van der Waals surface area (Å²) in [7, 11) is 0. The highest BCUT2D eigenvalue weighted by Gasteiger charge is 2.21. The van der Waals surface area contributed by atoms with Gasteiger partial charge in [-0.25, -0.2) is 9.59 Å². The summed E-state index contributed by atoms with van der Waals surface area (Å²) in [6, 6.07) is 9.31. The van der Waals surface area contributed by atoms with Crippen LogP contribution in [0.25, 0.3) is 11.3 Å². The summed E-state index contributed by atoms with van der Waals surface area (Å²) in [6.07, 6.45) is 0.344. The lowest BCUT2D eigenvalue weighted by Crippen LogP contribution is -2.43. The Hall–Kier alpha value is -2.83. The predicted molar refractivity (Wildman–Crippen MR) is 85.0 cm³/mol. The zero-order valence-corrected chi connectivity index (χ0v) is 12.9. The average molecular weight is 317 g/mol. The number of rotatable bonds is 6. The Bertz CT molecular complexity index is 667. The van der Waals surface area contributed by atoms with E-state index in [2.05, 4.69) is 15.8 Å². The molecule has 7 heteroatoms. The minimum absolute atomic E-state index is 0.146. The van der Waals surface area contributed by atoms with Gasteiger partial charge in [-0.3, -0.25) is 5.32 Å². The zero-order valence-electron chi connectivity index (χ0n) is 12.9. The number of hydrogen-bond donors (Lipinski definition) is 3. The average Bonchev–Trinajstić information content (AvgIpc) is 2.95. The first kappa shape index (κ1) is 16.5. The van der Waals surface area contributed by atoms with Crippen molar-refractivity contribution in [3.63, 3.8) is 0 Å². The van der Waals surface area contributed by atoms with Gasteiger partial charge < -0.3 is 14.9 Å². The van der Waals surface area contributed by atoms with E-state index in [4.69, 9.17) is 9.63 Å². The Kier molecular flexibility index (Phi) is 5.35. The Labute approximate surface area is 133 Å². The minimum atomic E-state index is -1.07. The summed E-state index contributed by atoms with van der Waals surface area (Å²) in [5.41, 5.74) is 0.830. The van der Waals surface area contributed by atoms with Crippen LogP contribution in [0, 0.1) is 5.92 Å². The van der Waals surface area contributed by atoms with Gasteiger partial charge in [-0.1, -0.05) is 49.3 Å². The monoisotopic (exact) mass is 317 g/mol. The number of nitrogens with one attached hydrogen (secondary N) is 2. The molecule has 0 bridgehead atoms. The molecule has 0 spiro atoms. The number of benzene rings is 1. The van der Waals surface area contributed by atoms with E-state index < -0.39 is 18.0 Å². The quantitative estimate of drug-likeness (QED) is 0.759. The molecule has 2 rings (SSSR count). The molecule has 23 heavy (non-hydrogen) atoms. The molecule has 1 atom stereocenters. The van der Waals surface area contributed by atoms with E-state index in [9.17, 15) is 9.59 Å². The maximum atomic E-state index is 11.9. The molecular formula is C16H19N3O4. The Balaban J connectivity index is 1.98. The molecule has 0 saturated carbocycles. The first-order valence-corrected chi connectivity index (χ1v) is 7.28. The molecule has 122 valence electrons. The van der Waals surface area contributed by atoms with E-state index in [1.54, 1.807) is 6.07 Å². The number of amides is 2. The summed E-state index contributed by atoms with van der Waals surface area (Å²) in [4.78, 5) is 23.0. The molecule has 2 aromatic rings. The fourth-order valence-corrected chi connectivity index (χ4v) is 2.08. The molecule has 7 nitrogen and oxygen atoms in total. The smallest absolute Gasteiger partial charge is 0.326 e. The normalized spacial score (nSPS) is 12.0. The molecule has 0 aliphatic heterocycles. The van der Waals surface area contributed by atoms with E-state index in [-0.39, 0.29) is 11.7 Å². The van der Waals surface area contributed by atoms with Crippen LogP contribution in [0.15, 0.2) is 40.9 Å². The molecule has 0 fully saturated rings. The summed E-state index contributed by atoms with van der Waals surface area (Å²) in [5, 5.41) is 17.8. The first-order valence-electron chi connectivity index (χ1n) is 7.28. The summed E-state index contributed by atoms with van der Waals surface area (Å²) in [5.74, 6) is -0.194. The second-order valence-electron chi connectivity index (χ2n) is 5.56. The highest BCUT2D eigenvalue weighted by Crippen LogP contribution is 2.21. The topological polar surface area (TPSA) is 104 Å². The number of aliphatic carboxylic acids is 1. The lowest BCUT2D eigenvalue weighted by atomic mass is 10.0. The number of urea groups is 1. The van der Waals surface area contributed by atoms with Gasteiger partial charge in [0.05, 0.1) is 0 Å². The second-order valence-corrected chi connectivity index (χ2v) is 5.56. The molecule has 0 aliphatic carbocycles. The first-order chi connectivity index (χ1) is 11.0. The summed E-state index contributed by atoms with van der Waals surface area (Å²) in [6.45, 7) is 3.78. The van der Waals surface area contributed by atoms with Crippen LogP contribution in [0.3, 0.4) is 0 Å². The molecule has 3 N–H and O–H groups in total. The van der Waals surface area contributed by atoms with Crippen molar-refractivity contribution in [1.29, 1.82) is 0 Å². The van der Waals surface area contributed by atoms with Crippen LogP contribution < -0.4 is 10.6 Å². The van der Waals surface area contributed by atoms with Crippen molar-refractivity contribution in [2.24, 2.45) is 5.92 Å². The number of anilines is 1. The molecule has 2 amide bonds. The molecule has 1 unspecified atom stereocenters. The molecule has 1 aromatic carbocycles.